The van der Waals surface area contributed by atoms with Gasteiger partial charge in [0.15, 0.2) is 0 Å². The zero-order valence-electron chi connectivity index (χ0n) is 7.84. The first-order chi connectivity index (χ1) is 6.46. The third-order valence-electron chi connectivity index (χ3n) is 2.14. The van der Waals surface area contributed by atoms with Crippen LogP contribution in [0.1, 0.15) is 18.6 Å². The summed E-state index contributed by atoms with van der Waals surface area (Å²) in [6.45, 7) is 1.28. The number of carboxylic acids is 1. The Balaban J connectivity index is 2.96. The summed E-state index contributed by atoms with van der Waals surface area (Å²) in [5.41, 5.74) is 4.32. The number of aliphatic carboxylic acids is 1. The van der Waals surface area contributed by atoms with E-state index in [0.717, 1.165) is 0 Å². The van der Waals surface area contributed by atoms with Gasteiger partial charge in [-0.2, -0.15) is 0 Å². The van der Waals surface area contributed by atoms with Crippen molar-refractivity contribution in [3.63, 3.8) is 0 Å². The van der Waals surface area contributed by atoms with E-state index in [4.69, 9.17) is 10.8 Å². The average Bonchev–Trinajstić information content (AvgIpc) is 2.17. The van der Waals surface area contributed by atoms with Crippen molar-refractivity contribution < 1.29 is 15.0 Å². The minimum Gasteiger partial charge on any atom is -0.480 e. The molecule has 0 radical (unpaired) electrons. The number of nitrogens with two attached hydrogens (primary N) is 1. The van der Waals surface area contributed by atoms with E-state index in [1.165, 1.54) is 6.92 Å². The molecule has 4 N–H and O–H groups in total. The number of hydrogen-bond acceptors (Lipinski definition) is 3. The van der Waals surface area contributed by atoms with Crippen molar-refractivity contribution in [3.8, 4) is 0 Å². The van der Waals surface area contributed by atoms with Gasteiger partial charge in [0, 0.05) is 0 Å². The monoisotopic (exact) mass is 195 g/mol. The fourth-order valence-corrected chi connectivity index (χ4v) is 1.10. The lowest BCUT2D eigenvalue weighted by Gasteiger charge is -2.25. The Hall–Kier alpha value is -1.39. The Morgan fingerprint density at radius 3 is 2.36 bits per heavy atom. The van der Waals surface area contributed by atoms with Crippen LogP contribution in [0.2, 0.25) is 0 Å². The Morgan fingerprint density at radius 1 is 1.43 bits per heavy atom. The van der Waals surface area contributed by atoms with E-state index in [2.05, 4.69) is 0 Å². The molecule has 0 aliphatic carbocycles. The second-order valence-corrected chi connectivity index (χ2v) is 3.40. The number of benzene rings is 1. The molecule has 0 aliphatic heterocycles. The smallest absolute Gasteiger partial charge is 0.326 e. The highest BCUT2D eigenvalue weighted by Crippen LogP contribution is 2.23. The van der Waals surface area contributed by atoms with Gasteiger partial charge in [-0.25, -0.2) is 0 Å². The van der Waals surface area contributed by atoms with Gasteiger partial charge in [-0.1, -0.05) is 30.3 Å². The van der Waals surface area contributed by atoms with Gasteiger partial charge in [-0.05, 0) is 12.5 Å². The average molecular weight is 195 g/mol. The third kappa shape index (κ3) is 1.92. The number of rotatable bonds is 3. The lowest BCUT2D eigenvalue weighted by Crippen LogP contribution is -2.50. The van der Waals surface area contributed by atoms with Crippen LogP contribution in [0.15, 0.2) is 30.3 Å². The van der Waals surface area contributed by atoms with E-state index in [1.807, 2.05) is 0 Å². The second-order valence-electron chi connectivity index (χ2n) is 3.40. The van der Waals surface area contributed by atoms with E-state index in [-0.39, 0.29) is 0 Å². The standard InChI is InChI=1S/C10H13NO3/c1-10(11,9(13)14)8(12)7-5-3-2-4-6-7/h2-6,8,12H,11H2,1H3,(H,13,14)/t8-,10-/m0/s1. The van der Waals surface area contributed by atoms with Crippen molar-refractivity contribution in [1.82, 2.24) is 0 Å². The first-order valence-electron chi connectivity index (χ1n) is 4.21. The normalized spacial score (nSPS) is 17.1. The summed E-state index contributed by atoms with van der Waals surface area (Å²) in [4.78, 5) is 10.8. The molecule has 0 bridgehead atoms. The van der Waals surface area contributed by atoms with Crippen molar-refractivity contribution in [2.24, 2.45) is 5.73 Å². The molecular weight excluding hydrogens is 182 g/mol. The molecule has 1 aromatic rings. The molecule has 0 amide bonds. The van der Waals surface area contributed by atoms with Crippen LogP contribution < -0.4 is 5.73 Å². The summed E-state index contributed by atoms with van der Waals surface area (Å²) in [7, 11) is 0. The number of aliphatic hydroxyl groups is 1. The molecule has 0 aliphatic rings. The van der Waals surface area contributed by atoms with Crippen LogP contribution in [0.4, 0.5) is 0 Å². The SMILES string of the molecule is C[C@@](N)(C(=O)O)[C@@H](O)c1ccccc1. The van der Waals surface area contributed by atoms with Gasteiger partial charge >= 0.3 is 5.97 Å². The van der Waals surface area contributed by atoms with E-state index in [1.54, 1.807) is 30.3 Å². The maximum absolute atomic E-state index is 10.8. The third-order valence-corrected chi connectivity index (χ3v) is 2.14. The summed E-state index contributed by atoms with van der Waals surface area (Å²) >= 11 is 0. The van der Waals surface area contributed by atoms with Crippen molar-refractivity contribution in [2.75, 3.05) is 0 Å². The number of carbonyl (C=O) groups is 1. The Morgan fingerprint density at radius 2 is 1.93 bits per heavy atom. The largest absolute Gasteiger partial charge is 0.480 e. The van der Waals surface area contributed by atoms with Crippen LogP contribution in [0.3, 0.4) is 0 Å². The summed E-state index contributed by atoms with van der Waals surface area (Å²) in [6, 6.07) is 8.50. The maximum Gasteiger partial charge on any atom is 0.326 e. The minimum atomic E-state index is -1.67. The molecule has 0 heterocycles. The Kier molecular flexibility index (Phi) is 2.88. The summed E-state index contributed by atoms with van der Waals surface area (Å²) in [5.74, 6) is -1.23. The van der Waals surface area contributed by atoms with Crippen LogP contribution in [-0.4, -0.2) is 21.7 Å². The molecule has 1 rings (SSSR count). The van der Waals surface area contributed by atoms with E-state index in [0.29, 0.717) is 5.56 Å². The molecule has 0 saturated heterocycles. The van der Waals surface area contributed by atoms with E-state index in [9.17, 15) is 9.90 Å². The van der Waals surface area contributed by atoms with Gasteiger partial charge in [-0.15, -0.1) is 0 Å². The van der Waals surface area contributed by atoms with Gasteiger partial charge in [0.2, 0.25) is 0 Å². The molecule has 76 valence electrons. The maximum atomic E-state index is 10.8. The molecule has 14 heavy (non-hydrogen) atoms. The molecule has 4 nitrogen and oxygen atoms in total. The zero-order chi connectivity index (χ0) is 10.8. The molecule has 0 spiro atoms. The van der Waals surface area contributed by atoms with Crippen LogP contribution in [0.5, 0.6) is 0 Å². The van der Waals surface area contributed by atoms with Gasteiger partial charge in [0.1, 0.15) is 11.6 Å². The van der Waals surface area contributed by atoms with Crippen LogP contribution in [0.25, 0.3) is 0 Å². The summed E-state index contributed by atoms with van der Waals surface area (Å²) in [5, 5.41) is 18.5. The molecular formula is C10H13NO3. The molecule has 0 saturated carbocycles. The first kappa shape index (κ1) is 10.7. The summed E-state index contributed by atoms with van der Waals surface area (Å²) in [6.07, 6.45) is -1.21. The van der Waals surface area contributed by atoms with Crippen LogP contribution >= 0.6 is 0 Å². The zero-order valence-corrected chi connectivity index (χ0v) is 7.84. The van der Waals surface area contributed by atoms with E-state index >= 15 is 0 Å². The molecule has 1 aromatic carbocycles. The highest BCUT2D eigenvalue weighted by Gasteiger charge is 2.37. The van der Waals surface area contributed by atoms with Crippen LogP contribution in [0, 0.1) is 0 Å². The topological polar surface area (TPSA) is 83.6 Å². The van der Waals surface area contributed by atoms with Crippen molar-refractivity contribution >= 4 is 5.97 Å². The molecule has 2 atom stereocenters. The lowest BCUT2D eigenvalue weighted by molar-refractivity contribution is -0.147. The lowest BCUT2D eigenvalue weighted by atomic mass is 9.91. The number of aliphatic hydroxyl groups excluding tert-OH is 1. The number of hydrogen-bond donors (Lipinski definition) is 3. The predicted octanol–water partition coefficient (Wildman–Crippen LogP) is 0.522. The second kappa shape index (κ2) is 3.77. The van der Waals surface area contributed by atoms with Crippen LogP contribution in [-0.2, 0) is 4.79 Å². The van der Waals surface area contributed by atoms with Gasteiger partial charge in [-0.3, -0.25) is 4.79 Å². The first-order valence-corrected chi connectivity index (χ1v) is 4.21. The van der Waals surface area contributed by atoms with Crippen molar-refractivity contribution in [2.45, 2.75) is 18.6 Å². The predicted molar refractivity (Wildman–Crippen MR) is 51.6 cm³/mol. The van der Waals surface area contributed by atoms with Gasteiger partial charge in [0.25, 0.3) is 0 Å². The Labute approximate surface area is 82.0 Å². The Bertz CT molecular complexity index is 321. The fraction of sp³-hybridized carbons (Fsp3) is 0.300. The molecule has 4 heteroatoms. The highest BCUT2D eigenvalue weighted by atomic mass is 16.4. The fourth-order valence-electron chi connectivity index (χ4n) is 1.10. The molecule has 0 fully saturated rings. The van der Waals surface area contributed by atoms with Gasteiger partial charge < -0.3 is 15.9 Å². The van der Waals surface area contributed by atoms with E-state index < -0.39 is 17.6 Å². The minimum absolute atomic E-state index is 0.500. The van der Waals surface area contributed by atoms with Crippen molar-refractivity contribution in [3.05, 3.63) is 35.9 Å². The molecule has 0 unspecified atom stereocenters. The highest BCUT2D eigenvalue weighted by molar-refractivity contribution is 5.79. The van der Waals surface area contributed by atoms with Gasteiger partial charge in [0.05, 0.1) is 0 Å². The van der Waals surface area contributed by atoms with Crippen molar-refractivity contribution in [1.29, 1.82) is 0 Å². The molecule has 0 aromatic heterocycles. The quantitative estimate of drug-likeness (QED) is 0.656. The summed E-state index contributed by atoms with van der Waals surface area (Å²) < 4.78 is 0. The number of carboxylic acid groups (broad SMARTS) is 1.